The Balaban J connectivity index is 1.17. The normalized spacial score (nSPS) is 16.2. The molecule has 2 aliphatic rings. The molecule has 2 aromatic carbocycles. The molecular formula is C28H28N4O3S. The van der Waals surface area contributed by atoms with Crippen LogP contribution >= 0.6 is 11.3 Å². The van der Waals surface area contributed by atoms with Gasteiger partial charge in [-0.25, -0.2) is 4.98 Å². The Morgan fingerprint density at radius 2 is 1.69 bits per heavy atom. The Bertz CT molecular complexity index is 1270. The van der Waals surface area contributed by atoms with Crippen LogP contribution in [0, 0.1) is 11.8 Å². The van der Waals surface area contributed by atoms with Crippen molar-refractivity contribution in [2.75, 3.05) is 49.6 Å². The zero-order chi connectivity index (χ0) is 24.7. The second kappa shape index (κ2) is 11.4. The van der Waals surface area contributed by atoms with Crippen LogP contribution in [0.15, 0.2) is 60.0 Å². The predicted octanol–water partition coefficient (Wildman–Crippen LogP) is 3.99. The molecule has 3 heterocycles. The van der Waals surface area contributed by atoms with Gasteiger partial charge in [0.2, 0.25) is 0 Å². The minimum Gasteiger partial charge on any atom is -0.378 e. The number of ether oxygens (including phenoxy) is 1. The number of piperidine rings is 1. The second-order valence-electron chi connectivity index (χ2n) is 8.82. The molecule has 0 unspecified atom stereocenters. The highest BCUT2D eigenvalue weighted by Gasteiger charge is 2.26. The van der Waals surface area contributed by atoms with Crippen LogP contribution in [0.25, 0.3) is 0 Å². The van der Waals surface area contributed by atoms with Crippen molar-refractivity contribution in [1.82, 2.24) is 9.88 Å². The molecule has 2 amide bonds. The first-order chi connectivity index (χ1) is 17.7. The third-order valence-electron chi connectivity index (χ3n) is 6.48. The molecule has 2 fully saturated rings. The number of hydrogen-bond donors (Lipinski definition) is 1. The van der Waals surface area contributed by atoms with Crippen molar-refractivity contribution in [2.24, 2.45) is 0 Å². The van der Waals surface area contributed by atoms with Gasteiger partial charge in [-0.3, -0.25) is 9.59 Å². The van der Waals surface area contributed by atoms with Crippen molar-refractivity contribution in [3.63, 3.8) is 0 Å². The maximum atomic E-state index is 13.0. The van der Waals surface area contributed by atoms with Crippen LogP contribution in [-0.2, 0) is 9.53 Å². The number of thiazole rings is 1. The van der Waals surface area contributed by atoms with Crippen LogP contribution in [0.4, 0.5) is 11.4 Å². The molecule has 36 heavy (non-hydrogen) atoms. The number of likely N-dealkylation sites (tertiary alicyclic amines) is 1. The van der Waals surface area contributed by atoms with E-state index in [1.54, 1.807) is 4.90 Å². The molecule has 3 aromatic rings. The van der Waals surface area contributed by atoms with Gasteiger partial charge in [-0.15, -0.1) is 11.3 Å². The Kier molecular flexibility index (Phi) is 7.60. The maximum Gasteiger partial charge on any atom is 0.298 e. The van der Waals surface area contributed by atoms with Gasteiger partial charge >= 0.3 is 0 Å². The predicted molar refractivity (Wildman–Crippen MR) is 141 cm³/mol. The molecular weight excluding hydrogens is 472 g/mol. The molecule has 2 aliphatic heterocycles. The zero-order valence-corrected chi connectivity index (χ0v) is 20.8. The number of hydrogen-bond acceptors (Lipinski definition) is 6. The number of anilines is 2. The van der Waals surface area contributed by atoms with Crippen LogP contribution in [-0.4, -0.2) is 61.1 Å². The van der Waals surface area contributed by atoms with Crippen molar-refractivity contribution < 1.29 is 14.3 Å². The minimum atomic E-state index is -0.206. The van der Waals surface area contributed by atoms with Gasteiger partial charge in [0.15, 0.2) is 0 Å². The summed E-state index contributed by atoms with van der Waals surface area (Å²) in [6.07, 6.45) is 1.63. The molecule has 184 valence electrons. The number of aromatic nitrogens is 1. The monoisotopic (exact) mass is 500 g/mol. The van der Waals surface area contributed by atoms with Crippen LogP contribution < -0.4 is 10.2 Å². The number of carbonyl (C=O) groups is 2. The summed E-state index contributed by atoms with van der Waals surface area (Å²) in [5.74, 6) is 5.58. The van der Waals surface area contributed by atoms with Crippen LogP contribution in [0.5, 0.6) is 0 Å². The first kappa shape index (κ1) is 24.0. The third-order valence-corrected chi connectivity index (χ3v) is 7.48. The molecule has 0 bridgehead atoms. The SMILES string of the molecule is O=C(Nc1ccccc1N1CCOCC1)c1csc(C2CCN(C(=O)C#Cc3ccccc3)CC2)n1. The van der Waals surface area contributed by atoms with E-state index in [4.69, 9.17) is 4.74 Å². The third kappa shape index (κ3) is 5.76. The van der Waals surface area contributed by atoms with Crippen molar-refractivity contribution in [2.45, 2.75) is 18.8 Å². The van der Waals surface area contributed by atoms with Gasteiger partial charge in [-0.1, -0.05) is 36.3 Å². The molecule has 0 spiro atoms. The van der Waals surface area contributed by atoms with Crippen LogP contribution in [0.2, 0.25) is 0 Å². The Morgan fingerprint density at radius 3 is 2.47 bits per heavy atom. The number of carbonyl (C=O) groups excluding carboxylic acids is 2. The Hall–Kier alpha value is -3.67. The quantitative estimate of drug-likeness (QED) is 0.549. The Labute approximate surface area is 215 Å². The van der Waals surface area contributed by atoms with Gasteiger partial charge in [-0.2, -0.15) is 0 Å². The average Bonchev–Trinajstić information content (AvgIpc) is 3.44. The van der Waals surface area contributed by atoms with Gasteiger partial charge in [0.1, 0.15) is 5.69 Å². The summed E-state index contributed by atoms with van der Waals surface area (Å²) in [5.41, 5.74) is 3.04. The van der Waals surface area contributed by atoms with Gasteiger partial charge in [0.05, 0.1) is 29.6 Å². The van der Waals surface area contributed by atoms with E-state index >= 15 is 0 Å². The number of para-hydroxylation sites is 2. The van der Waals surface area contributed by atoms with Crippen LogP contribution in [0.1, 0.15) is 39.8 Å². The summed E-state index contributed by atoms with van der Waals surface area (Å²) in [5, 5.41) is 5.82. The van der Waals surface area contributed by atoms with E-state index in [1.165, 1.54) is 11.3 Å². The number of nitrogens with one attached hydrogen (secondary N) is 1. The van der Waals surface area contributed by atoms with E-state index in [1.807, 2.05) is 60.0 Å². The van der Waals surface area contributed by atoms with Gasteiger partial charge < -0.3 is 19.9 Å². The van der Waals surface area contributed by atoms with E-state index in [0.717, 1.165) is 47.9 Å². The number of nitrogens with zero attached hydrogens (tertiary/aromatic N) is 3. The number of benzene rings is 2. The van der Waals surface area contributed by atoms with Crippen molar-refractivity contribution in [3.05, 3.63) is 76.2 Å². The molecule has 1 N–H and O–H groups in total. The summed E-state index contributed by atoms with van der Waals surface area (Å²) in [6, 6.07) is 17.4. The van der Waals surface area contributed by atoms with Gasteiger partial charge in [0.25, 0.3) is 11.8 Å². The van der Waals surface area contributed by atoms with E-state index in [9.17, 15) is 9.59 Å². The molecule has 2 saturated heterocycles. The number of rotatable bonds is 4. The fourth-order valence-corrected chi connectivity index (χ4v) is 5.45. The molecule has 0 radical (unpaired) electrons. The van der Waals surface area contributed by atoms with Crippen molar-refractivity contribution in [1.29, 1.82) is 0 Å². The second-order valence-corrected chi connectivity index (χ2v) is 9.71. The molecule has 0 atom stereocenters. The van der Waals surface area contributed by atoms with Crippen LogP contribution in [0.3, 0.4) is 0 Å². The van der Waals surface area contributed by atoms with Crippen molar-refractivity contribution in [3.8, 4) is 11.8 Å². The lowest BCUT2D eigenvalue weighted by atomic mass is 9.97. The smallest absolute Gasteiger partial charge is 0.298 e. The lowest BCUT2D eigenvalue weighted by molar-refractivity contribution is -0.126. The van der Waals surface area contributed by atoms with Gasteiger partial charge in [-0.05, 0) is 37.1 Å². The van der Waals surface area contributed by atoms with Gasteiger partial charge in [0, 0.05) is 49.0 Å². The van der Waals surface area contributed by atoms with Crippen molar-refractivity contribution >= 4 is 34.5 Å². The molecule has 0 saturated carbocycles. The fourth-order valence-electron chi connectivity index (χ4n) is 4.48. The van der Waals surface area contributed by atoms with E-state index in [0.29, 0.717) is 32.0 Å². The molecule has 1 aromatic heterocycles. The molecule has 0 aliphatic carbocycles. The van der Waals surface area contributed by atoms with E-state index in [2.05, 4.69) is 27.0 Å². The Morgan fingerprint density at radius 1 is 0.972 bits per heavy atom. The summed E-state index contributed by atoms with van der Waals surface area (Å²) in [6.45, 7) is 4.24. The topological polar surface area (TPSA) is 74.8 Å². The summed E-state index contributed by atoms with van der Waals surface area (Å²) < 4.78 is 5.46. The largest absolute Gasteiger partial charge is 0.378 e. The fraction of sp³-hybridized carbons (Fsp3) is 0.321. The molecule has 7 nitrogen and oxygen atoms in total. The summed E-state index contributed by atoms with van der Waals surface area (Å²) in [4.78, 5) is 34.2. The zero-order valence-electron chi connectivity index (χ0n) is 20.0. The van der Waals surface area contributed by atoms with E-state index in [-0.39, 0.29) is 17.7 Å². The highest BCUT2D eigenvalue weighted by Crippen LogP contribution is 2.31. The highest BCUT2D eigenvalue weighted by molar-refractivity contribution is 7.10. The average molecular weight is 501 g/mol. The maximum absolute atomic E-state index is 13.0. The first-order valence-corrected chi connectivity index (χ1v) is 13.1. The lowest BCUT2D eigenvalue weighted by Gasteiger charge is -2.30. The van der Waals surface area contributed by atoms with E-state index < -0.39 is 0 Å². The summed E-state index contributed by atoms with van der Waals surface area (Å²) >= 11 is 1.51. The molecule has 5 rings (SSSR count). The summed E-state index contributed by atoms with van der Waals surface area (Å²) in [7, 11) is 0. The standard InChI is InChI=1S/C28H28N4O3S/c33-26(11-10-21-6-2-1-3-7-21)32-14-12-22(13-15-32)28-30-24(20-36-28)27(34)29-23-8-4-5-9-25(23)31-16-18-35-19-17-31/h1-9,20,22H,12-19H2,(H,29,34). The number of morpholine rings is 1. The highest BCUT2D eigenvalue weighted by atomic mass is 32.1. The first-order valence-electron chi connectivity index (χ1n) is 12.2. The molecule has 8 heteroatoms. The lowest BCUT2D eigenvalue weighted by Crippen LogP contribution is -2.37. The number of amides is 2. The minimum absolute atomic E-state index is 0.143.